The van der Waals surface area contributed by atoms with Gasteiger partial charge in [0, 0.05) is 46.3 Å². The molecule has 0 aromatic carbocycles. The summed E-state index contributed by atoms with van der Waals surface area (Å²) in [4.78, 5) is 29.3. The standard InChI is InChI=1S/C14H28N4O2/c1-5-12(2)15-13(19)10-17-6-8-18(9-7-17)11-14(20)16(3)4/h12H,5-11H2,1-4H3,(H,15,19). The third kappa shape index (κ3) is 5.88. The SMILES string of the molecule is CCC(C)NC(=O)CN1CCN(CC(=O)N(C)C)CC1. The highest BCUT2D eigenvalue weighted by atomic mass is 16.2. The molecule has 0 radical (unpaired) electrons. The predicted molar refractivity (Wildman–Crippen MR) is 79.5 cm³/mol. The Hall–Kier alpha value is -1.14. The van der Waals surface area contributed by atoms with Gasteiger partial charge in [0.1, 0.15) is 0 Å². The van der Waals surface area contributed by atoms with Crippen molar-refractivity contribution in [2.45, 2.75) is 26.3 Å². The number of rotatable bonds is 6. The first-order valence-electron chi connectivity index (χ1n) is 7.36. The van der Waals surface area contributed by atoms with E-state index in [4.69, 9.17) is 0 Å². The molecule has 1 fully saturated rings. The van der Waals surface area contributed by atoms with Crippen molar-refractivity contribution in [2.75, 3.05) is 53.4 Å². The molecule has 0 saturated carbocycles. The lowest BCUT2D eigenvalue weighted by atomic mass is 10.2. The first-order chi connectivity index (χ1) is 9.42. The molecule has 0 aromatic heterocycles. The van der Waals surface area contributed by atoms with Gasteiger partial charge in [-0.15, -0.1) is 0 Å². The quantitative estimate of drug-likeness (QED) is 0.721. The molecule has 6 heteroatoms. The lowest BCUT2D eigenvalue weighted by Gasteiger charge is -2.34. The highest BCUT2D eigenvalue weighted by Crippen LogP contribution is 2.02. The van der Waals surface area contributed by atoms with Crippen molar-refractivity contribution in [1.29, 1.82) is 0 Å². The van der Waals surface area contributed by atoms with E-state index in [0.29, 0.717) is 13.1 Å². The van der Waals surface area contributed by atoms with E-state index >= 15 is 0 Å². The Labute approximate surface area is 122 Å². The Morgan fingerprint density at radius 3 is 2.05 bits per heavy atom. The maximum atomic E-state index is 11.8. The third-order valence-electron chi connectivity index (χ3n) is 3.71. The molecule has 0 aromatic rings. The number of nitrogens with one attached hydrogen (secondary N) is 1. The molecule has 1 saturated heterocycles. The molecule has 6 nitrogen and oxygen atoms in total. The van der Waals surface area contributed by atoms with Crippen molar-refractivity contribution in [3.8, 4) is 0 Å². The molecule has 0 spiro atoms. The summed E-state index contributed by atoms with van der Waals surface area (Å²) in [5.41, 5.74) is 0. The van der Waals surface area contributed by atoms with E-state index in [1.54, 1.807) is 19.0 Å². The lowest BCUT2D eigenvalue weighted by Crippen LogP contribution is -2.52. The molecule has 0 aliphatic carbocycles. The second-order valence-corrected chi connectivity index (χ2v) is 5.72. The molecule has 1 unspecified atom stereocenters. The summed E-state index contributed by atoms with van der Waals surface area (Å²) >= 11 is 0. The highest BCUT2D eigenvalue weighted by molar-refractivity contribution is 5.78. The zero-order valence-corrected chi connectivity index (χ0v) is 13.2. The minimum absolute atomic E-state index is 0.0946. The van der Waals surface area contributed by atoms with E-state index in [-0.39, 0.29) is 17.9 Å². The maximum Gasteiger partial charge on any atom is 0.236 e. The number of amides is 2. The van der Waals surface area contributed by atoms with Crippen molar-refractivity contribution in [1.82, 2.24) is 20.0 Å². The topological polar surface area (TPSA) is 55.9 Å². The van der Waals surface area contributed by atoms with Crippen LogP contribution in [-0.2, 0) is 9.59 Å². The van der Waals surface area contributed by atoms with Gasteiger partial charge in [-0.1, -0.05) is 6.92 Å². The van der Waals surface area contributed by atoms with Crippen LogP contribution in [0, 0.1) is 0 Å². The van der Waals surface area contributed by atoms with Gasteiger partial charge in [-0.05, 0) is 13.3 Å². The molecule has 1 aliphatic rings. The van der Waals surface area contributed by atoms with Gasteiger partial charge in [0.25, 0.3) is 0 Å². The van der Waals surface area contributed by atoms with Gasteiger partial charge in [-0.2, -0.15) is 0 Å². The summed E-state index contributed by atoms with van der Waals surface area (Å²) in [7, 11) is 3.55. The Balaban J connectivity index is 2.25. The smallest absolute Gasteiger partial charge is 0.236 e. The maximum absolute atomic E-state index is 11.8. The van der Waals surface area contributed by atoms with Crippen molar-refractivity contribution in [3.05, 3.63) is 0 Å². The second kappa shape index (κ2) is 8.21. The number of hydrogen-bond donors (Lipinski definition) is 1. The zero-order valence-electron chi connectivity index (χ0n) is 13.2. The Kier molecular flexibility index (Phi) is 6.95. The normalized spacial score (nSPS) is 18.6. The van der Waals surface area contributed by atoms with Crippen LogP contribution in [-0.4, -0.2) is 85.9 Å². The molecule has 1 rings (SSSR count). The van der Waals surface area contributed by atoms with Crippen LogP contribution in [0.2, 0.25) is 0 Å². The van der Waals surface area contributed by atoms with Gasteiger partial charge < -0.3 is 10.2 Å². The fraction of sp³-hybridized carbons (Fsp3) is 0.857. The number of carbonyl (C=O) groups is 2. The molecule has 0 bridgehead atoms. The molecule has 1 aliphatic heterocycles. The van der Waals surface area contributed by atoms with E-state index in [9.17, 15) is 9.59 Å². The summed E-state index contributed by atoms with van der Waals surface area (Å²) in [6, 6.07) is 0.238. The average Bonchev–Trinajstić information content (AvgIpc) is 2.40. The van der Waals surface area contributed by atoms with Gasteiger partial charge >= 0.3 is 0 Å². The molecule has 20 heavy (non-hydrogen) atoms. The van der Waals surface area contributed by atoms with Gasteiger partial charge in [0.2, 0.25) is 11.8 Å². The summed E-state index contributed by atoms with van der Waals surface area (Å²) in [6.07, 6.45) is 0.951. The first kappa shape index (κ1) is 16.9. The third-order valence-corrected chi connectivity index (χ3v) is 3.71. The largest absolute Gasteiger partial charge is 0.353 e. The van der Waals surface area contributed by atoms with Gasteiger partial charge in [0.15, 0.2) is 0 Å². The number of likely N-dealkylation sites (N-methyl/N-ethyl adjacent to an activating group) is 1. The molecule has 116 valence electrons. The van der Waals surface area contributed by atoms with Crippen molar-refractivity contribution < 1.29 is 9.59 Å². The fourth-order valence-electron chi connectivity index (χ4n) is 2.06. The predicted octanol–water partition coefficient (Wildman–Crippen LogP) is -0.393. The minimum atomic E-state index is 0.0946. The van der Waals surface area contributed by atoms with Crippen molar-refractivity contribution in [2.24, 2.45) is 0 Å². The summed E-state index contributed by atoms with van der Waals surface area (Å²) < 4.78 is 0. The summed E-state index contributed by atoms with van der Waals surface area (Å²) in [5, 5.41) is 2.98. The number of carbonyl (C=O) groups excluding carboxylic acids is 2. The van der Waals surface area contributed by atoms with Gasteiger partial charge in [0.05, 0.1) is 13.1 Å². The zero-order chi connectivity index (χ0) is 15.1. The first-order valence-corrected chi connectivity index (χ1v) is 7.36. The molecule has 1 atom stereocenters. The fourth-order valence-corrected chi connectivity index (χ4v) is 2.06. The Bertz CT molecular complexity index is 325. The Morgan fingerprint density at radius 2 is 1.60 bits per heavy atom. The van der Waals surface area contributed by atoms with Crippen LogP contribution in [0.1, 0.15) is 20.3 Å². The monoisotopic (exact) mass is 284 g/mol. The van der Waals surface area contributed by atoms with Crippen molar-refractivity contribution >= 4 is 11.8 Å². The van der Waals surface area contributed by atoms with Crippen LogP contribution in [0.4, 0.5) is 0 Å². The van der Waals surface area contributed by atoms with E-state index in [2.05, 4.69) is 22.0 Å². The average molecular weight is 284 g/mol. The summed E-state index contributed by atoms with van der Waals surface area (Å²) in [6.45, 7) is 8.38. The van der Waals surface area contributed by atoms with Crippen LogP contribution < -0.4 is 5.32 Å². The van der Waals surface area contributed by atoms with Gasteiger partial charge in [-0.3, -0.25) is 19.4 Å². The summed E-state index contributed by atoms with van der Waals surface area (Å²) in [5.74, 6) is 0.227. The number of piperazine rings is 1. The molecule has 1 N–H and O–H groups in total. The number of nitrogens with zero attached hydrogens (tertiary/aromatic N) is 3. The van der Waals surface area contributed by atoms with E-state index in [1.807, 2.05) is 6.92 Å². The molecular weight excluding hydrogens is 256 g/mol. The van der Waals surface area contributed by atoms with Crippen LogP contribution in [0.25, 0.3) is 0 Å². The van der Waals surface area contributed by atoms with Crippen LogP contribution in [0.3, 0.4) is 0 Å². The van der Waals surface area contributed by atoms with Crippen molar-refractivity contribution in [3.63, 3.8) is 0 Å². The van der Waals surface area contributed by atoms with Gasteiger partial charge in [-0.25, -0.2) is 0 Å². The van der Waals surface area contributed by atoms with E-state index in [0.717, 1.165) is 32.6 Å². The lowest BCUT2D eigenvalue weighted by molar-refractivity contribution is -0.131. The highest BCUT2D eigenvalue weighted by Gasteiger charge is 2.21. The van der Waals surface area contributed by atoms with Crippen LogP contribution >= 0.6 is 0 Å². The molecule has 1 heterocycles. The second-order valence-electron chi connectivity index (χ2n) is 5.72. The van der Waals surface area contributed by atoms with E-state index in [1.165, 1.54) is 0 Å². The van der Waals surface area contributed by atoms with Crippen LogP contribution in [0.15, 0.2) is 0 Å². The minimum Gasteiger partial charge on any atom is -0.353 e. The number of hydrogen-bond acceptors (Lipinski definition) is 4. The molecular formula is C14H28N4O2. The Morgan fingerprint density at radius 1 is 1.10 bits per heavy atom. The van der Waals surface area contributed by atoms with E-state index < -0.39 is 0 Å². The van der Waals surface area contributed by atoms with Crippen LogP contribution in [0.5, 0.6) is 0 Å². The molecule has 2 amide bonds.